The summed E-state index contributed by atoms with van der Waals surface area (Å²) >= 11 is 1.81. The molecular weight excluding hydrogens is 192 g/mol. The Labute approximate surface area is 90.6 Å². The fourth-order valence-corrected chi connectivity index (χ4v) is 2.47. The Kier molecular flexibility index (Phi) is 3.67. The van der Waals surface area contributed by atoms with E-state index < -0.39 is 0 Å². The van der Waals surface area contributed by atoms with Crippen LogP contribution in [0.2, 0.25) is 0 Å². The van der Waals surface area contributed by atoms with Crippen molar-refractivity contribution < 1.29 is 0 Å². The van der Waals surface area contributed by atoms with Gasteiger partial charge in [-0.25, -0.2) is 4.98 Å². The molecule has 1 aromatic rings. The maximum Gasteiger partial charge on any atom is 0.0936 e. The smallest absolute Gasteiger partial charge is 0.0936 e. The maximum atomic E-state index is 5.79. The molecule has 0 amide bonds. The minimum Gasteiger partial charge on any atom is -0.330 e. The van der Waals surface area contributed by atoms with E-state index in [0.717, 1.165) is 19.4 Å². The summed E-state index contributed by atoms with van der Waals surface area (Å²) in [5, 5.41) is 1.23. The molecule has 1 aromatic heterocycles. The first-order valence-corrected chi connectivity index (χ1v) is 5.95. The van der Waals surface area contributed by atoms with Gasteiger partial charge in [0.25, 0.3) is 0 Å². The molecule has 0 aliphatic carbocycles. The SMILES string of the molecule is CCC(C)(CN)Cc1nc(C)c(C)s1. The van der Waals surface area contributed by atoms with E-state index in [0.29, 0.717) is 0 Å². The molecule has 2 N–H and O–H groups in total. The normalized spacial score (nSPS) is 15.5. The van der Waals surface area contributed by atoms with Crippen LogP contribution in [0.25, 0.3) is 0 Å². The molecule has 0 aliphatic heterocycles. The van der Waals surface area contributed by atoms with Gasteiger partial charge in [0.15, 0.2) is 0 Å². The molecule has 1 rings (SSSR count). The van der Waals surface area contributed by atoms with Crippen molar-refractivity contribution in [1.82, 2.24) is 4.98 Å². The van der Waals surface area contributed by atoms with Crippen molar-refractivity contribution in [2.24, 2.45) is 11.1 Å². The maximum absolute atomic E-state index is 5.79. The van der Waals surface area contributed by atoms with Gasteiger partial charge in [-0.1, -0.05) is 13.8 Å². The summed E-state index contributed by atoms with van der Waals surface area (Å²) in [6.45, 7) is 9.36. The van der Waals surface area contributed by atoms with Gasteiger partial charge < -0.3 is 5.73 Å². The standard InChI is InChI=1S/C11H20N2S/c1-5-11(4,7-12)6-10-13-8(2)9(3)14-10/h5-7,12H2,1-4H3. The van der Waals surface area contributed by atoms with Crippen LogP contribution in [-0.2, 0) is 6.42 Å². The van der Waals surface area contributed by atoms with Crippen LogP contribution >= 0.6 is 11.3 Å². The first-order valence-electron chi connectivity index (χ1n) is 5.14. The summed E-state index contributed by atoms with van der Waals surface area (Å²) in [5.74, 6) is 0. The average molecular weight is 212 g/mol. The Morgan fingerprint density at radius 1 is 1.43 bits per heavy atom. The van der Waals surface area contributed by atoms with Gasteiger partial charge in [0, 0.05) is 11.3 Å². The van der Waals surface area contributed by atoms with Crippen LogP contribution in [0, 0.1) is 19.3 Å². The van der Waals surface area contributed by atoms with Crippen molar-refractivity contribution in [2.75, 3.05) is 6.54 Å². The van der Waals surface area contributed by atoms with Crippen LogP contribution in [0.3, 0.4) is 0 Å². The van der Waals surface area contributed by atoms with E-state index in [2.05, 4.69) is 32.7 Å². The van der Waals surface area contributed by atoms with Crippen molar-refractivity contribution >= 4 is 11.3 Å². The van der Waals surface area contributed by atoms with Crippen molar-refractivity contribution in [2.45, 2.75) is 40.5 Å². The predicted octanol–water partition coefficient (Wildman–Crippen LogP) is 2.68. The molecular formula is C11H20N2S. The van der Waals surface area contributed by atoms with Gasteiger partial charge in [0.05, 0.1) is 10.7 Å². The molecule has 0 saturated heterocycles. The fraction of sp³-hybridized carbons (Fsp3) is 0.727. The highest BCUT2D eigenvalue weighted by Crippen LogP contribution is 2.28. The lowest BCUT2D eigenvalue weighted by Gasteiger charge is -2.24. The Balaban J connectivity index is 2.77. The summed E-state index contributed by atoms with van der Waals surface area (Å²) in [6.07, 6.45) is 2.13. The Morgan fingerprint density at radius 2 is 2.07 bits per heavy atom. The summed E-state index contributed by atoms with van der Waals surface area (Å²) in [6, 6.07) is 0. The first kappa shape index (κ1) is 11.7. The number of rotatable bonds is 4. The predicted molar refractivity (Wildman–Crippen MR) is 62.7 cm³/mol. The minimum absolute atomic E-state index is 0.219. The summed E-state index contributed by atoms with van der Waals surface area (Å²) in [4.78, 5) is 5.88. The van der Waals surface area contributed by atoms with E-state index in [1.54, 1.807) is 11.3 Å². The molecule has 1 heterocycles. The third-order valence-electron chi connectivity index (χ3n) is 3.00. The highest BCUT2D eigenvalue weighted by Gasteiger charge is 2.22. The first-order chi connectivity index (χ1) is 6.50. The third-order valence-corrected chi connectivity index (χ3v) is 4.07. The van der Waals surface area contributed by atoms with E-state index in [4.69, 9.17) is 5.73 Å². The van der Waals surface area contributed by atoms with Gasteiger partial charge in [-0.3, -0.25) is 0 Å². The Morgan fingerprint density at radius 3 is 2.43 bits per heavy atom. The molecule has 0 radical (unpaired) electrons. The van der Waals surface area contributed by atoms with E-state index >= 15 is 0 Å². The number of hydrogen-bond donors (Lipinski definition) is 1. The number of hydrogen-bond acceptors (Lipinski definition) is 3. The van der Waals surface area contributed by atoms with Gasteiger partial charge >= 0.3 is 0 Å². The lowest BCUT2D eigenvalue weighted by Crippen LogP contribution is -2.28. The molecule has 0 aliphatic rings. The van der Waals surface area contributed by atoms with E-state index in [1.807, 2.05) is 0 Å². The molecule has 0 saturated carbocycles. The highest BCUT2D eigenvalue weighted by atomic mass is 32.1. The van der Waals surface area contributed by atoms with Gasteiger partial charge in [-0.05, 0) is 32.2 Å². The number of thiazole rings is 1. The number of nitrogens with zero attached hydrogens (tertiary/aromatic N) is 1. The van der Waals surface area contributed by atoms with Crippen molar-refractivity contribution in [3.63, 3.8) is 0 Å². The summed E-state index contributed by atoms with van der Waals surface area (Å²) < 4.78 is 0. The Hall–Kier alpha value is -0.410. The zero-order valence-electron chi connectivity index (χ0n) is 9.55. The second-order valence-electron chi connectivity index (χ2n) is 4.29. The van der Waals surface area contributed by atoms with Gasteiger partial charge in [0.2, 0.25) is 0 Å². The van der Waals surface area contributed by atoms with Crippen molar-refractivity contribution in [1.29, 1.82) is 0 Å². The lowest BCUT2D eigenvalue weighted by molar-refractivity contribution is 0.320. The zero-order chi connectivity index (χ0) is 10.8. The van der Waals surface area contributed by atoms with Gasteiger partial charge in [-0.2, -0.15) is 0 Å². The summed E-state index contributed by atoms with van der Waals surface area (Å²) in [7, 11) is 0. The molecule has 0 spiro atoms. The van der Waals surface area contributed by atoms with Crippen LogP contribution in [0.15, 0.2) is 0 Å². The second kappa shape index (κ2) is 4.41. The van der Waals surface area contributed by atoms with Crippen LogP contribution in [0.4, 0.5) is 0 Å². The number of aryl methyl sites for hydroxylation is 2. The molecule has 1 unspecified atom stereocenters. The minimum atomic E-state index is 0.219. The lowest BCUT2D eigenvalue weighted by atomic mass is 9.84. The molecule has 0 bridgehead atoms. The quantitative estimate of drug-likeness (QED) is 0.833. The average Bonchev–Trinajstić information content (AvgIpc) is 2.45. The molecule has 2 nitrogen and oxygen atoms in total. The number of aromatic nitrogens is 1. The molecule has 1 atom stereocenters. The van der Waals surface area contributed by atoms with E-state index in [9.17, 15) is 0 Å². The topological polar surface area (TPSA) is 38.9 Å². The van der Waals surface area contributed by atoms with Crippen LogP contribution in [0.5, 0.6) is 0 Å². The second-order valence-corrected chi connectivity index (χ2v) is 5.58. The van der Waals surface area contributed by atoms with Gasteiger partial charge in [-0.15, -0.1) is 11.3 Å². The van der Waals surface area contributed by atoms with Crippen LogP contribution in [0.1, 0.15) is 35.8 Å². The number of nitrogens with two attached hydrogens (primary N) is 1. The van der Waals surface area contributed by atoms with E-state index in [1.165, 1.54) is 15.6 Å². The highest BCUT2D eigenvalue weighted by molar-refractivity contribution is 7.11. The molecule has 0 fully saturated rings. The van der Waals surface area contributed by atoms with Crippen LogP contribution < -0.4 is 5.73 Å². The third kappa shape index (κ3) is 2.55. The zero-order valence-corrected chi connectivity index (χ0v) is 10.4. The van der Waals surface area contributed by atoms with Crippen molar-refractivity contribution in [3.05, 3.63) is 15.6 Å². The molecule has 80 valence electrons. The Bertz CT molecular complexity index is 281. The molecule has 0 aromatic carbocycles. The van der Waals surface area contributed by atoms with Crippen LogP contribution in [-0.4, -0.2) is 11.5 Å². The monoisotopic (exact) mass is 212 g/mol. The summed E-state index contributed by atoms with van der Waals surface area (Å²) in [5.41, 5.74) is 7.17. The van der Waals surface area contributed by atoms with E-state index in [-0.39, 0.29) is 5.41 Å². The molecule has 14 heavy (non-hydrogen) atoms. The van der Waals surface area contributed by atoms with Gasteiger partial charge in [0.1, 0.15) is 0 Å². The fourth-order valence-electron chi connectivity index (χ4n) is 1.32. The molecule has 3 heteroatoms. The van der Waals surface area contributed by atoms with Crippen molar-refractivity contribution in [3.8, 4) is 0 Å². The largest absolute Gasteiger partial charge is 0.330 e.